The molecule has 0 bridgehead atoms. The van der Waals surface area contributed by atoms with Crippen molar-refractivity contribution < 1.29 is 9.84 Å². The number of aliphatic hydroxyl groups excluding tert-OH is 1. The molecule has 0 amide bonds. The van der Waals surface area contributed by atoms with Gasteiger partial charge >= 0.3 is 0 Å². The monoisotopic (exact) mass is 345 g/mol. The lowest BCUT2D eigenvalue weighted by atomic mass is 9.89. The molecule has 3 atom stereocenters. The van der Waals surface area contributed by atoms with Crippen molar-refractivity contribution in [1.29, 1.82) is 0 Å². The molecule has 2 saturated heterocycles. The van der Waals surface area contributed by atoms with Gasteiger partial charge in [0.05, 0.1) is 12.7 Å². The molecular formula is C18H23N3O2S. The molecule has 2 aliphatic rings. The molecular weight excluding hydrogens is 322 g/mol. The van der Waals surface area contributed by atoms with Crippen LogP contribution in [0.25, 0.3) is 0 Å². The van der Waals surface area contributed by atoms with E-state index in [1.54, 1.807) is 11.3 Å². The molecule has 2 fully saturated rings. The van der Waals surface area contributed by atoms with Gasteiger partial charge in [0.15, 0.2) is 0 Å². The van der Waals surface area contributed by atoms with Crippen molar-refractivity contribution >= 4 is 16.5 Å². The highest BCUT2D eigenvalue weighted by Crippen LogP contribution is 2.35. The van der Waals surface area contributed by atoms with E-state index in [-0.39, 0.29) is 12.0 Å². The molecule has 4 rings (SSSR count). The molecule has 0 spiro atoms. The van der Waals surface area contributed by atoms with E-state index < -0.39 is 0 Å². The zero-order valence-electron chi connectivity index (χ0n) is 13.7. The van der Waals surface area contributed by atoms with Gasteiger partial charge < -0.3 is 14.7 Å². The highest BCUT2D eigenvalue weighted by molar-refractivity contribution is 7.15. The zero-order chi connectivity index (χ0) is 16.4. The second-order valence-corrected chi connectivity index (χ2v) is 7.68. The van der Waals surface area contributed by atoms with Crippen LogP contribution in [-0.4, -0.2) is 47.2 Å². The molecule has 24 heavy (non-hydrogen) atoms. The van der Waals surface area contributed by atoms with Gasteiger partial charge in [0.25, 0.3) is 0 Å². The summed E-state index contributed by atoms with van der Waals surface area (Å²) in [5, 5.41) is 21.2. The Morgan fingerprint density at radius 2 is 2.08 bits per heavy atom. The summed E-state index contributed by atoms with van der Waals surface area (Å²) in [4.78, 5) is 2.34. The summed E-state index contributed by atoms with van der Waals surface area (Å²) in [6.07, 6.45) is 3.54. The Morgan fingerprint density at radius 3 is 2.92 bits per heavy atom. The number of hydrogen-bond acceptors (Lipinski definition) is 6. The van der Waals surface area contributed by atoms with Crippen LogP contribution in [0, 0.1) is 5.92 Å². The largest absolute Gasteiger partial charge is 0.393 e. The number of aliphatic hydroxyl groups is 1. The molecule has 0 aliphatic carbocycles. The van der Waals surface area contributed by atoms with Crippen molar-refractivity contribution in [3.8, 4) is 0 Å². The predicted octanol–water partition coefficient (Wildman–Crippen LogP) is 2.50. The summed E-state index contributed by atoms with van der Waals surface area (Å²) >= 11 is 1.68. The number of aromatic nitrogens is 2. The molecule has 5 nitrogen and oxygen atoms in total. The number of anilines is 1. The third-order valence-electron chi connectivity index (χ3n) is 5.06. The first-order valence-corrected chi connectivity index (χ1v) is 9.51. The Hall–Kier alpha value is -1.50. The number of hydrogen-bond donors (Lipinski definition) is 1. The smallest absolute Gasteiger partial charge is 0.208 e. The molecule has 0 saturated carbocycles. The zero-order valence-corrected chi connectivity index (χ0v) is 14.5. The Labute approximate surface area is 146 Å². The number of benzene rings is 1. The van der Waals surface area contributed by atoms with Crippen LogP contribution in [-0.2, 0) is 11.2 Å². The fourth-order valence-electron chi connectivity index (χ4n) is 3.79. The summed E-state index contributed by atoms with van der Waals surface area (Å²) in [6.45, 7) is 2.32. The molecule has 0 unspecified atom stereocenters. The topological polar surface area (TPSA) is 58.5 Å². The third-order valence-corrected chi connectivity index (χ3v) is 6.02. The van der Waals surface area contributed by atoms with Gasteiger partial charge in [0.2, 0.25) is 5.13 Å². The van der Waals surface area contributed by atoms with E-state index in [1.807, 2.05) is 6.07 Å². The van der Waals surface area contributed by atoms with E-state index in [9.17, 15) is 5.11 Å². The maximum Gasteiger partial charge on any atom is 0.208 e. The van der Waals surface area contributed by atoms with E-state index in [4.69, 9.17) is 4.74 Å². The Kier molecular flexibility index (Phi) is 4.78. The van der Waals surface area contributed by atoms with Crippen LogP contribution < -0.4 is 4.90 Å². The minimum Gasteiger partial charge on any atom is -0.393 e. The second kappa shape index (κ2) is 7.17. The minimum absolute atomic E-state index is 0.183. The van der Waals surface area contributed by atoms with Crippen molar-refractivity contribution in [3.05, 3.63) is 40.9 Å². The highest BCUT2D eigenvalue weighted by Gasteiger charge is 2.38. The van der Waals surface area contributed by atoms with Gasteiger partial charge in [0, 0.05) is 31.5 Å². The summed E-state index contributed by atoms with van der Waals surface area (Å²) < 4.78 is 5.61. The number of rotatable bonds is 4. The van der Waals surface area contributed by atoms with Crippen molar-refractivity contribution in [1.82, 2.24) is 10.2 Å². The lowest BCUT2D eigenvalue weighted by Crippen LogP contribution is -2.46. The number of ether oxygens (including phenoxy) is 1. The molecule has 3 heterocycles. The lowest BCUT2D eigenvalue weighted by Gasteiger charge is -2.36. The summed E-state index contributed by atoms with van der Waals surface area (Å²) in [6, 6.07) is 10.7. The summed E-state index contributed by atoms with van der Waals surface area (Å²) in [5.41, 5.74) is 1.26. The van der Waals surface area contributed by atoms with Gasteiger partial charge in [-0.2, -0.15) is 0 Å². The van der Waals surface area contributed by atoms with E-state index in [0.717, 1.165) is 42.4 Å². The van der Waals surface area contributed by atoms with Gasteiger partial charge in [-0.1, -0.05) is 41.7 Å². The first-order chi connectivity index (χ1) is 11.8. The van der Waals surface area contributed by atoms with E-state index >= 15 is 0 Å². The maximum absolute atomic E-state index is 10.4. The third kappa shape index (κ3) is 3.31. The molecule has 6 heteroatoms. The average Bonchev–Trinajstić information content (AvgIpc) is 3.25. The second-order valence-electron chi connectivity index (χ2n) is 6.64. The molecule has 128 valence electrons. The van der Waals surface area contributed by atoms with Crippen LogP contribution >= 0.6 is 11.3 Å². The van der Waals surface area contributed by atoms with Crippen LogP contribution in [0.1, 0.15) is 29.8 Å². The Balaban J connectivity index is 1.48. The molecule has 1 N–H and O–H groups in total. The van der Waals surface area contributed by atoms with Gasteiger partial charge in [-0.05, 0) is 24.8 Å². The first-order valence-electron chi connectivity index (χ1n) is 8.70. The molecule has 2 aromatic rings. The summed E-state index contributed by atoms with van der Waals surface area (Å²) in [7, 11) is 0. The molecule has 1 aromatic carbocycles. The quantitative estimate of drug-likeness (QED) is 0.923. The summed E-state index contributed by atoms with van der Waals surface area (Å²) in [5.74, 6) is 0.183. The van der Waals surface area contributed by atoms with Crippen LogP contribution in [0.15, 0.2) is 30.3 Å². The van der Waals surface area contributed by atoms with Crippen LogP contribution in [0.2, 0.25) is 0 Å². The normalized spacial score (nSPS) is 27.5. The van der Waals surface area contributed by atoms with Gasteiger partial charge in [-0.15, -0.1) is 10.2 Å². The van der Waals surface area contributed by atoms with E-state index in [2.05, 4.69) is 39.4 Å². The van der Waals surface area contributed by atoms with Gasteiger partial charge in [-0.25, -0.2) is 0 Å². The van der Waals surface area contributed by atoms with Crippen molar-refractivity contribution in [2.24, 2.45) is 5.92 Å². The highest BCUT2D eigenvalue weighted by atomic mass is 32.1. The van der Waals surface area contributed by atoms with Crippen molar-refractivity contribution in [2.45, 2.75) is 37.8 Å². The van der Waals surface area contributed by atoms with Gasteiger partial charge in [0.1, 0.15) is 5.01 Å². The van der Waals surface area contributed by atoms with E-state index in [1.165, 1.54) is 5.56 Å². The van der Waals surface area contributed by atoms with Crippen molar-refractivity contribution in [3.63, 3.8) is 0 Å². The number of nitrogens with zero attached hydrogens (tertiary/aromatic N) is 3. The Morgan fingerprint density at radius 1 is 1.21 bits per heavy atom. The fourth-order valence-corrected chi connectivity index (χ4v) is 4.75. The van der Waals surface area contributed by atoms with Crippen molar-refractivity contribution in [2.75, 3.05) is 24.7 Å². The molecule has 1 aromatic heterocycles. The first kappa shape index (κ1) is 16.0. The van der Waals surface area contributed by atoms with Crippen LogP contribution in [0.5, 0.6) is 0 Å². The minimum atomic E-state index is -0.263. The van der Waals surface area contributed by atoms with Gasteiger partial charge in [-0.3, -0.25) is 0 Å². The lowest BCUT2D eigenvalue weighted by molar-refractivity contribution is -0.0437. The Bertz CT molecular complexity index is 663. The fraction of sp³-hybridized carbons (Fsp3) is 0.556. The molecule has 2 aliphatic heterocycles. The van der Waals surface area contributed by atoms with Crippen LogP contribution in [0.3, 0.4) is 0 Å². The average molecular weight is 345 g/mol. The predicted molar refractivity (Wildman–Crippen MR) is 94.5 cm³/mol. The maximum atomic E-state index is 10.4. The SMILES string of the molecule is O[C@@H]1CCOC[C@@H]1[C@@H]1CCCN1c1nnc(Cc2ccccc2)s1. The molecule has 0 radical (unpaired) electrons. The van der Waals surface area contributed by atoms with E-state index in [0.29, 0.717) is 19.3 Å². The standard InChI is InChI=1S/C18H23N3O2S/c22-16-8-10-23-12-14(16)15-7-4-9-21(15)18-20-19-17(24-18)11-13-5-2-1-3-6-13/h1-3,5-6,14-16,22H,4,7-12H2/t14-,15+,16-/m1/s1. The van der Waals surface area contributed by atoms with Crippen LogP contribution in [0.4, 0.5) is 5.13 Å².